The zero-order valence-corrected chi connectivity index (χ0v) is 9.01. The van der Waals surface area contributed by atoms with Gasteiger partial charge in [-0.25, -0.2) is 0 Å². The predicted molar refractivity (Wildman–Crippen MR) is 54.2 cm³/mol. The van der Waals surface area contributed by atoms with Crippen LogP contribution in [-0.4, -0.2) is 25.0 Å². The van der Waals surface area contributed by atoms with E-state index in [0.29, 0.717) is 0 Å². The van der Waals surface area contributed by atoms with Crippen molar-refractivity contribution < 1.29 is 0 Å². The Morgan fingerprint density at radius 1 is 1.00 bits per heavy atom. The Bertz CT molecular complexity index is 105. The summed E-state index contributed by atoms with van der Waals surface area (Å²) in [5.41, 5.74) is 0. The van der Waals surface area contributed by atoms with Gasteiger partial charge in [0.25, 0.3) is 0 Å². The van der Waals surface area contributed by atoms with E-state index in [1.165, 1.54) is 25.9 Å². The Morgan fingerprint density at radius 3 is 1.83 bits per heavy atom. The first-order valence-electron chi connectivity index (χ1n) is 5.44. The molecule has 0 bridgehead atoms. The first kappa shape index (κ1) is 10.0. The molecule has 2 rings (SSSR count). The molecule has 2 atom stereocenters. The van der Waals surface area contributed by atoms with Crippen molar-refractivity contribution >= 4 is 0 Å². The molecule has 2 fully saturated rings. The van der Waals surface area contributed by atoms with E-state index >= 15 is 0 Å². The normalized spacial score (nSPS) is 40.5. The standard InChI is InChI=1S/C9H17N.C2H6/c1-7-3-8-5-10(2)6-9(8)4-7;1-2/h7-9H,3-6H2,1-2H3;1-2H3. The molecular weight excluding hydrogens is 146 g/mol. The van der Waals surface area contributed by atoms with Gasteiger partial charge in [-0.15, -0.1) is 0 Å². The average Bonchev–Trinajstić information content (AvgIpc) is 2.48. The Balaban J connectivity index is 0.000000336. The maximum atomic E-state index is 2.49. The molecule has 0 aromatic heterocycles. The van der Waals surface area contributed by atoms with Gasteiger partial charge >= 0.3 is 0 Å². The maximum Gasteiger partial charge on any atom is 0.000995 e. The number of hydrogen-bond acceptors (Lipinski definition) is 1. The molecule has 0 N–H and O–H groups in total. The van der Waals surface area contributed by atoms with E-state index in [1.54, 1.807) is 0 Å². The van der Waals surface area contributed by atoms with Crippen LogP contribution in [0.2, 0.25) is 0 Å². The number of fused-ring (bicyclic) bond motifs is 1. The smallest absolute Gasteiger partial charge is 0.000995 e. The summed E-state index contributed by atoms with van der Waals surface area (Å²) in [7, 11) is 2.25. The highest BCUT2D eigenvalue weighted by atomic mass is 15.1. The molecule has 2 aliphatic rings. The second-order valence-electron chi connectivity index (χ2n) is 4.32. The summed E-state index contributed by atoms with van der Waals surface area (Å²) in [4.78, 5) is 2.49. The highest BCUT2D eigenvalue weighted by molar-refractivity contribution is 4.89. The van der Waals surface area contributed by atoms with Crippen molar-refractivity contribution in [1.82, 2.24) is 4.90 Å². The lowest BCUT2D eigenvalue weighted by Crippen LogP contribution is -2.15. The third-order valence-electron chi connectivity index (χ3n) is 3.17. The Labute approximate surface area is 77.1 Å². The van der Waals surface area contributed by atoms with Crippen LogP contribution in [0, 0.1) is 17.8 Å². The molecule has 72 valence electrons. The highest BCUT2D eigenvalue weighted by Crippen LogP contribution is 2.40. The predicted octanol–water partition coefficient (Wildman–Crippen LogP) is 2.62. The lowest BCUT2D eigenvalue weighted by Gasteiger charge is -2.09. The van der Waals surface area contributed by atoms with Crippen molar-refractivity contribution in [2.45, 2.75) is 33.6 Å². The van der Waals surface area contributed by atoms with Crippen molar-refractivity contribution in [1.29, 1.82) is 0 Å². The van der Waals surface area contributed by atoms with E-state index in [9.17, 15) is 0 Å². The fraction of sp³-hybridized carbons (Fsp3) is 1.00. The minimum atomic E-state index is 1.02. The van der Waals surface area contributed by atoms with Crippen LogP contribution in [-0.2, 0) is 0 Å². The summed E-state index contributed by atoms with van der Waals surface area (Å²) in [6, 6.07) is 0. The second kappa shape index (κ2) is 4.27. The molecule has 1 heterocycles. The zero-order valence-electron chi connectivity index (χ0n) is 9.01. The molecule has 2 unspecified atom stereocenters. The van der Waals surface area contributed by atoms with Gasteiger partial charge in [0.1, 0.15) is 0 Å². The van der Waals surface area contributed by atoms with Gasteiger partial charge in [0.15, 0.2) is 0 Å². The topological polar surface area (TPSA) is 3.24 Å². The van der Waals surface area contributed by atoms with Gasteiger partial charge in [-0.1, -0.05) is 20.8 Å². The third kappa shape index (κ3) is 2.01. The van der Waals surface area contributed by atoms with Crippen LogP contribution in [0.1, 0.15) is 33.6 Å². The minimum absolute atomic E-state index is 1.02. The van der Waals surface area contributed by atoms with Crippen molar-refractivity contribution in [3.63, 3.8) is 0 Å². The van der Waals surface area contributed by atoms with Gasteiger partial charge in [0.2, 0.25) is 0 Å². The molecule has 1 saturated heterocycles. The summed E-state index contributed by atoms with van der Waals surface area (Å²) < 4.78 is 0. The number of nitrogens with zero attached hydrogens (tertiary/aromatic N) is 1. The molecular formula is C11H23N. The summed E-state index contributed by atoms with van der Waals surface area (Å²) in [5.74, 6) is 3.13. The van der Waals surface area contributed by atoms with Crippen molar-refractivity contribution in [3.05, 3.63) is 0 Å². The molecule has 0 spiro atoms. The molecule has 0 aromatic rings. The SMILES string of the molecule is CC.CC1CC2CN(C)CC2C1. The van der Waals surface area contributed by atoms with E-state index in [1.807, 2.05) is 13.8 Å². The minimum Gasteiger partial charge on any atom is -0.306 e. The Morgan fingerprint density at radius 2 is 1.42 bits per heavy atom. The largest absolute Gasteiger partial charge is 0.306 e. The van der Waals surface area contributed by atoms with Crippen molar-refractivity contribution in [2.24, 2.45) is 17.8 Å². The molecule has 1 aliphatic carbocycles. The Kier molecular flexibility index (Phi) is 3.57. The summed E-state index contributed by atoms with van der Waals surface area (Å²) >= 11 is 0. The van der Waals surface area contributed by atoms with Crippen molar-refractivity contribution in [2.75, 3.05) is 20.1 Å². The zero-order chi connectivity index (χ0) is 9.14. The lowest BCUT2D eigenvalue weighted by molar-refractivity contribution is 0.360. The second-order valence-corrected chi connectivity index (χ2v) is 4.32. The summed E-state index contributed by atoms with van der Waals surface area (Å²) in [6.45, 7) is 9.14. The molecule has 0 aromatic carbocycles. The van der Waals surface area contributed by atoms with Gasteiger partial charge in [0.05, 0.1) is 0 Å². The number of likely N-dealkylation sites (tertiary alicyclic amines) is 1. The highest BCUT2D eigenvalue weighted by Gasteiger charge is 2.37. The molecule has 12 heavy (non-hydrogen) atoms. The number of hydrogen-bond donors (Lipinski definition) is 0. The van der Waals surface area contributed by atoms with Crippen molar-refractivity contribution in [3.8, 4) is 0 Å². The average molecular weight is 169 g/mol. The van der Waals surface area contributed by atoms with E-state index in [4.69, 9.17) is 0 Å². The molecule has 1 saturated carbocycles. The van der Waals surface area contributed by atoms with Crippen LogP contribution in [0.5, 0.6) is 0 Å². The van der Waals surface area contributed by atoms with E-state index < -0.39 is 0 Å². The van der Waals surface area contributed by atoms with Crippen LogP contribution >= 0.6 is 0 Å². The monoisotopic (exact) mass is 169 g/mol. The fourth-order valence-corrected chi connectivity index (χ4v) is 2.84. The van der Waals surface area contributed by atoms with Gasteiger partial charge in [-0.05, 0) is 37.6 Å². The maximum absolute atomic E-state index is 2.49. The van der Waals surface area contributed by atoms with Crippen LogP contribution < -0.4 is 0 Å². The molecule has 0 amide bonds. The molecule has 0 radical (unpaired) electrons. The van der Waals surface area contributed by atoms with E-state index in [0.717, 1.165) is 17.8 Å². The molecule has 1 heteroatoms. The van der Waals surface area contributed by atoms with Gasteiger partial charge in [0, 0.05) is 13.1 Å². The summed E-state index contributed by atoms with van der Waals surface area (Å²) in [5, 5.41) is 0. The molecule has 1 aliphatic heterocycles. The lowest BCUT2D eigenvalue weighted by atomic mass is 10.0. The van der Waals surface area contributed by atoms with Gasteiger partial charge < -0.3 is 4.90 Å². The van der Waals surface area contributed by atoms with Gasteiger partial charge in [-0.3, -0.25) is 0 Å². The third-order valence-corrected chi connectivity index (χ3v) is 3.17. The number of rotatable bonds is 0. The first-order valence-corrected chi connectivity index (χ1v) is 5.44. The Hall–Kier alpha value is -0.0400. The first-order chi connectivity index (χ1) is 5.75. The van der Waals surface area contributed by atoms with Crippen LogP contribution in [0.15, 0.2) is 0 Å². The van der Waals surface area contributed by atoms with Crippen LogP contribution in [0.3, 0.4) is 0 Å². The fourth-order valence-electron chi connectivity index (χ4n) is 2.84. The molecule has 1 nitrogen and oxygen atoms in total. The quantitative estimate of drug-likeness (QED) is 0.539. The van der Waals surface area contributed by atoms with Gasteiger partial charge in [-0.2, -0.15) is 0 Å². The van der Waals surface area contributed by atoms with E-state index in [2.05, 4.69) is 18.9 Å². The van der Waals surface area contributed by atoms with Crippen LogP contribution in [0.4, 0.5) is 0 Å². The summed E-state index contributed by atoms with van der Waals surface area (Å²) in [6.07, 6.45) is 2.99. The van der Waals surface area contributed by atoms with Crippen LogP contribution in [0.25, 0.3) is 0 Å². The van der Waals surface area contributed by atoms with E-state index in [-0.39, 0.29) is 0 Å².